The number of nitrogens with one attached hydrogen (secondary N) is 1. The highest BCUT2D eigenvalue weighted by molar-refractivity contribution is 5.91. The van der Waals surface area contributed by atoms with Gasteiger partial charge in [-0.05, 0) is 36.5 Å². The van der Waals surface area contributed by atoms with Crippen molar-refractivity contribution in [3.05, 3.63) is 36.2 Å². The molecule has 1 heterocycles. The summed E-state index contributed by atoms with van der Waals surface area (Å²) >= 11 is 0. The van der Waals surface area contributed by atoms with Crippen molar-refractivity contribution < 1.29 is 9.90 Å². The first kappa shape index (κ1) is 11.8. The summed E-state index contributed by atoms with van der Waals surface area (Å²) in [7, 11) is 0. The van der Waals surface area contributed by atoms with Crippen LogP contribution < -0.4 is 5.32 Å². The van der Waals surface area contributed by atoms with Gasteiger partial charge in [-0.15, -0.1) is 0 Å². The number of rotatable bonds is 4. The average molecular weight is 232 g/mol. The van der Waals surface area contributed by atoms with Gasteiger partial charge in [-0.1, -0.05) is 6.07 Å². The van der Waals surface area contributed by atoms with E-state index in [0.717, 1.165) is 18.4 Å². The molecule has 0 unspecified atom stereocenters. The maximum absolute atomic E-state index is 11.5. The Bertz CT molecular complexity index is 397. The van der Waals surface area contributed by atoms with Crippen LogP contribution >= 0.6 is 0 Å². The number of aliphatic hydroxyl groups excluding tert-OH is 1. The number of aliphatic hydroxyl groups is 1. The van der Waals surface area contributed by atoms with Gasteiger partial charge in [-0.2, -0.15) is 0 Å². The average Bonchev–Trinajstić information content (AvgIpc) is 2.32. The molecule has 1 aliphatic carbocycles. The maximum atomic E-state index is 11.5. The van der Waals surface area contributed by atoms with E-state index in [1.54, 1.807) is 18.5 Å². The Morgan fingerprint density at radius 1 is 1.59 bits per heavy atom. The predicted octanol–water partition coefficient (Wildman–Crippen LogP) is 0.982. The van der Waals surface area contributed by atoms with Crippen molar-refractivity contribution in [1.82, 2.24) is 10.3 Å². The first-order valence-electron chi connectivity index (χ1n) is 5.78. The number of hydrogen-bond acceptors (Lipinski definition) is 3. The van der Waals surface area contributed by atoms with Crippen molar-refractivity contribution in [2.75, 3.05) is 6.54 Å². The summed E-state index contributed by atoms with van der Waals surface area (Å²) in [5.41, 5.74) is 0.904. The Morgan fingerprint density at radius 2 is 2.41 bits per heavy atom. The van der Waals surface area contributed by atoms with Gasteiger partial charge < -0.3 is 10.4 Å². The molecule has 1 aliphatic rings. The zero-order chi connectivity index (χ0) is 12.1. The van der Waals surface area contributed by atoms with E-state index in [9.17, 15) is 4.79 Å². The summed E-state index contributed by atoms with van der Waals surface area (Å²) in [6, 6.07) is 3.71. The van der Waals surface area contributed by atoms with E-state index in [4.69, 9.17) is 5.11 Å². The number of nitrogens with zero attached hydrogens (tertiary/aromatic N) is 1. The van der Waals surface area contributed by atoms with E-state index in [1.807, 2.05) is 12.1 Å². The minimum absolute atomic E-state index is 0.102. The van der Waals surface area contributed by atoms with Crippen LogP contribution in [0.4, 0.5) is 0 Å². The van der Waals surface area contributed by atoms with E-state index >= 15 is 0 Å². The predicted molar refractivity (Wildman–Crippen MR) is 65.0 cm³/mol. The number of carbonyl (C=O) groups excluding carboxylic acids is 1. The van der Waals surface area contributed by atoms with E-state index in [2.05, 4.69) is 10.3 Å². The Morgan fingerprint density at radius 3 is 3.06 bits per heavy atom. The molecule has 17 heavy (non-hydrogen) atoms. The summed E-state index contributed by atoms with van der Waals surface area (Å²) in [5, 5.41) is 11.9. The number of carbonyl (C=O) groups is 1. The molecule has 1 amide bonds. The molecular formula is C13H16N2O2. The quantitative estimate of drug-likeness (QED) is 0.761. The summed E-state index contributed by atoms with van der Waals surface area (Å²) in [6.45, 7) is 0.646. The minimum Gasteiger partial charge on any atom is -0.393 e. The molecule has 0 saturated heterocycles. The molecule has 4 nitrogen and oxygen atoms in total. The zero-order valence-corrected chi connectivity index (χ0v) is 9.54. The molecule has 0 atom stereocenters. The van der Waals surface area contributed by atoms with Gasteiger partial charge >= 0.3 is 0 Å². The standard InChI is InChI=1S/C13H16N2O2/c16-12-6-11(7-12)9-15-13(17)4-3-10-2-1-5-14-8-10/h1-5,8,11-12,16H,6-7,9H2,(H,15,17). The fraction of sp³-hybridized carbons (Fsp3) is 0.385. The molecule has 0 aliphatic heterocycles. The van der Waals surface area contributed by atoms with Crippen molar-refractivity contribution in [3.8, 4) is 0 Å². The van der Waals surface area contributed by atoms with Crippen LogP contribution in [0.3, 0.4) is 0 Å². The second-order valence-corrected chi connectivity index (χ2v) is 4.36. The van der Waals surface area contributed by atoms with Gasteiger partial charge in [0.05, 0.1) is 6.10 Å². The van der Waals surface area contributed by atoms with Crippen LogP contribution in [0.2, 0.25) is 0 Å². The van der Waals surface area contributed by atoms with Crippen molar-refractivity contribution >= 4 is 12.0 Å². The topological polar surface area (TPSA) is 62.2 Å². The monoisotopic (exact) mass is 232 g/mol. The van der Waals surface area contributed by atoms with E-state index in [0.29, 0.717) is 12.5 Å². The molecule has 90 valence electrons. The number of hydrogen-bond donors (Lipinski definition) is 2. The van der Waals surface area contributed by atoms with Crippen molar-refractivity contribution in [1.29, 1.82) is 0 Å². The van der Waals surface area contributed by atoms with Gasteiger partial charge in [0.1, 0.15) is 0 Å². The molecular weight excluding hydrogens is 216 g/mol. The molecule has 0 aromatic carbocycles. The lowest BCUT2D eigenvalue weighted by Gasteiger charge is -2.31. The number of aromatic nitrogens is 1. The van der Waals surface area contributed by atoms with Crippen LogP contribution in [-0.2, 0) is 4.79 Å². The third kappa shape index (κ3) is 3.67. The first-order chi connectivity index (χ1) is 8.24. The first-order valence-corrected chi connectivity index (χ1v) is 5.78. The van der Waals surface area contributed by atoms with Crippen LogP contribution in [-0.4, -0.2) is 28.6 Å². The van der Waals surface area contributed by atoms with Crippen LogP contribution in [0.25, 0.3) is 6.08 Å². The Hall–Kier alpha value is -1.68. The van der Waals surface area contributed by atoms with Gasteiger partial charge in [0, 0.05) is 25.0 Å². The molecule has 1 saturated carbocycles. The van der Waals surface area contributed by atoms with Crippen molar-refractivity contribution in [3.63, 3.8) is 0 Å². The molecule has 1 aromatic heterocycles. The maximum Gasteiger partial charge on any atom is 0.244 e. The molecule has 1 fully saturated rings. The van der Waals surface area contributed by atoms with E-state index < -0.39 is 0 Å². The summed E-state index contributed by atoms with van der Waals surface area (Å²) in [4.78, 5) is 15.4. The molecule has 0 radical (unpaired) electrons. The molecule has 0 bridgehead atoms. The largest absolute Gasteiger partial charge is 0.393 e. The lowest BCUT2D eigenvalue weighted by atomic mass is 9.82. The highest BCUT2D eigenvalue weighted by Gasteiger charge is 2.26. The lowest BCUT2D eigenvalue weighted by molar-refractivity contribution is -0.117. The zero-order valence-electron chi connectivity index (χ0n) is 9.54. The van der Waals surface area contributed by atoms with Gasteiger partial charge in [0.2, 0.25) is 5.91 Å². The highest BCUT2D eigenvalue weighted by atomic mass is 16.3. The van der Waals surface area contributed by atoms with Gasteiger partial charge in [0.25, 0.3) is 0 Å². The Balaban J connectivity index is 1.72. The third-order valence-corrected chi connectivity index (χ3v) is 2.89. The normalized spacial score (nSPS) is 23.4. The fourth-order valence-corrected chi connectivity index (χ4v) is 1.82. The number of pyridine rings is 1. The van der Waals surface area contributed by atoms with Crippen LogP contribution in [0, 0.1) is 5.92 Å². The SMILES string of the molecule is O=C(C=Cc1cccnc1)NCC1CC(O)C1. The lowest BCUT2D eigenvalue weighted by Crippen LogP contribution is -2.37. The molecule has 2 rings (SSSR count). The Labute approximate surface area is 100 Å². The van der Waals surface area contributed by atoms with Crippen molar-refractivity contribution in [2.45, 2.75) is 18.9 Å². The van der Waals surface area contributed by atoms with Gasteiger partial charge in [-0.25, -0.2) is 0 Å². The minimum atomic E-state index is -0.164. The summed E-state index contributed by atoms with van der Waals surface area (Å²) in [6.07, 6.45) is 8.07. The molecule has 1 aromatic rings. The second kappa shape index (κ2) is 5.59. The smallest absolute Gasteiger partial charge is 0.244 e. The number of amides is 1. The van der Waals surface area contributed by atoms with Crippen LogP contribution in [0.5, 0.6) is 0 Å². The molecule has 0 spiro atoms. The van der Waals surface area contributed by atoms with E-state index in [-0.39, 0.29) is 12.0 Å². The van der Waals surface area contributed by atoms with E-state index in [1.165, 1.54) is 6.08 Å². The fourth-order valence-electron chi connectivity index (χ4n) is 1.82. The van der Waals surface area contributed by atoms with Gasteiger partial charge in [-0.3, -0.25) is 9.78 Å². The van der Waals surface area contributed by atoms with Crippen LogP contribution in [0.15, 0.2) is 30.6 Å². The van der Waals surface area contributed by atoms with Crippen LogP contribution in [0.1, 0.15) is 18.4 Å². The summed E-state index contributed by atoms with van der Waals surface area (Å²) in [5.74, 6) is 0.330. The molecule has 2 N–H and O–H groups in total. The highest BCUT2D eigenvalue weighted by Crippen LogP contribution is 2.25. The third-order valence-electron chi connectivity index (χ3n) is 2.89. The van der Waals surface area contributed by atoms with Gasteiger partial charge in [0.15, 0.2) is 0 Å². The summed E-state index contributed by atoms with van der Waals surface area (Å²) < 4.78 is 0. The van der Waals surface area contributed by atoms with Crippen molar-refractivity contribution in [2.24, 2.45) is 5.92 Å². The molecule has 4 heteroatoms. The Kier molecular flexibility index (Phi) is 3.88. The second-order valence-electron chi connectivity index (χ2n) is 4.36.